The number of methoxy groups -OCH3 is 1. The van der Waals surface area contributed by atoms with E-state index in [1.165, 1.54) is 32.1 Å². The molecule has 1 saturated heterocycles. The van der Waals surface area contributed by atoms with E-state index in [4.69, 9.17) is 9.47 Å². The molecule has 0 unspecified atom stereocenters. The smallest absolute Gasteiger partial charge is 0.276 e. The second-order valence-corrected chi connectivity index (χ2v) is 9.96. The van der Waals surface area contributed by atoms with Crippen LogP contribution in [-0.2, 0) is 22.7 Å². The van der Waals surface area contributed by atoms with Gasteiger partial charge in [-0.2, -0.15) is 0 Å². The van der Waals surface area contributed by atoms with Crippen molar-refractivity contribution < 1.29 is 19.1 Å². The fraction of sp³-hybridized carbons (Fsp3) is 0.615. The molecule has 1 atom stereocenters. The first-order valence-electron chi connectivity index (χ1n) is 12.9. The number of nitrogens with one attached hydrogen (secondary N) is 1. The van der Waals surface area contributed by atoms with Crippen LogP contribution >= 0.6 is 0 Å². The van der Waals surface area contributed by atoms with Crippen molar-refractivity contribution in [2.75, 3.05) is 26.7 Å². The lowest BCUT2D eigenvalue weighted by Crippen LogP contribution is -2.44. The predicted molar refractivity (Wildman–Crippen MR) is 129 cm³/mol. The zero-order valence-electron chi connectivity index (χ0n) is 20.4. The maximum atomic E-state index is 13.2. The maximum Gasteiger partial charge on any atom is 0.276 e. The molecule has 1 N–H and O–H groups in total. The topological polar surface area (TPSA) is 98.6 Å². The van der Waals surface area contributed by atoms with Crippen molar-refractivity contribution in [3.63, 3.8) is 0 Å². The Hall–Kier alpha value is -2.94. The van der Waals surface area contributed by atoms with Crippen LogP contribution in [0.25, 0.3) is 0 Å². The molecule has 1 aromatic heterocycles. The van der Waals surface area contributed by atoms with Gasteiger partial charge in [-0.05, 0) is 49.3 Å². The number of nitrogens with zero attached hydrogens (tertiary/aromatic N) is 4. The Balaban J connectivity index is 1.13. The van der Waals surface area contributed by atoms with Crippen molar-refractivity contribution in [1.29, 1.82) is 0 Å². The summed E-state index contributed by atoms with van der Waals surface area (Å²) < 4.78 is 13.1. The molecule has 9 nitrogen and oxygen atoms in total. The van der Waals surface area contributed by atoms with E-state index in [1.54, 1.807) is 16.7 Å². The summed E-state index contributed by atoms with van der Waals surface area (Å²) in [5, 5.41) is 11.6. The Morgan fingerprint density at radius 3 is 2.54 bits per heavy atom. The van der Waals surface area contributed by atoms with Gasteiger partial charge in [0.15, 0.2) is 5.69 Å². The van der Waals surface area contributed by atoms with Crippen molar-refractivity contribution in [3.8, 4) is 5.75 Å². The standard InChI is InChI=1S/C26H35N5O4/c1-34-21-9-7-19(8-10-21)23-16-31-22(17-35-23)24(28-29-31)26(33)30-13-11-20(12-14-30)25(32)27-15-18-5-3-2-4-6-18/h7-10,18,20,23H,2-6,11-17H2,1H3,(H,27,32)/t23-/m0/s1. The lowest BCUT2D eigenvalue weighted by molar-refractivity contribution is -0.126. The second kappa shape index (κ2) is 10.8. The highest BCUT2D eigenvalue weighted by Crippen LogP contribution is 2.29. The van der Waals surface area contributed by atoms with E-state index in [1.807, 2.05) is 24.3 Å². The average Bonchev–Trinajstić information content (AvgIpc) is 3.35. The molecule has 5 rings (SSSR count). The third-order valence-corrected chi connectivity index (χ3v) is 7.73. The quantitative estimate of drug-likeness (QED) is 0.681. The number of hydrogen-bond acceptors (Lipinski definition) is 6. The number of rotatable bonds is 6. The summed E-state index contributed by atoms with van der Waals surface area (Å²) in [6.07, 6.45) is 7.54. The third-order valence-electron chi connectivity index (χ3n) is 7.73. The predicted octanol–water partition coefficient (Wildman–Crippen LogP) is 3.11. The first-order chi connectivity index (χ1) is 17.1. The Kier molecular flexibility index (Phi) is 7.32. The highest BCUT2D eigenvalue weighted by molar-refractivity contribution is 5.93. The van der Waals surface area contributed by atoms with Gasteiger partial charge >= 0.3 is 0 Å². The van der Waals surface area contributed by atoms with E-state index in [9.17, 15) is 9.59 Å². The Labute approximate surface area is 206 Å². The van der Waals surface area contributed by atoms with Gasteiger partial charge in [0.2, 0.25) is 5.91 Å². The minimum absolute atomic E-state index is 0.0229. The fourth-order valence-electron chi connectivity index (χ4n) is 5.47. The van der Waals surface area contributed by atoms with Crippen LogP contribution < -0.4 is 10.1 Å². The van der Waals surface area contributed by atoms with E-state index < -0.39 is 0 Å². The minimum atomic E-state index is -0.152. The van der Waals surface area contributed by atoms with Gasteiger partial charge < -0.3 is 19.7 Å². The van der Waals surface area contributed by atoms with Crippen LogP contribution in [0.15, 0.2) is 24.3 Å². The van der Waals surface area contributed by atoms with Crippen LogP contribution in [0.4, 0.5) is 0 Å². The van der Waals surface area contributed by atoms with Gasteiger partial charge in [-0.15, -0.1) is 5.10 Å². The zero-order valence-corrected chi connectivity index (χ0v) is 20.4. The number of ether oxygens (including phenoxy) is 2. The summed E-state index contributed by atoms with van der Waals surface area (Å²) in [6, 6.07) is 7.77. The molecule has 2 amide bonds. The molecule has 0 bridgehead atoms. The Morgan fingerprint density at radius 1 is 1.09 bits per heavy atom. The van der Waals surface area contributed by atoms with Crippen LogP contribution in [0, 0.1) is 11.8 Å². The van der Waals surface area contributed by atoms with Crippen LogP contribution in [0.1, 0.15) is 72.8 Å². The molecule has 1 saturated carbocycles. The number of likely N-dealkylation sites (tertiary alicyclic amines) is 1. The molecule has 2 aliphatic heterocycles. The van der Waals surface area contributed by atoms with E-state index in [-0.39, 0.29) is 30.4 Å². The summed E-state index contributed by atoms with van der Waals surface area (Å²) >= 11 is 0. The number of benzene rings is 1. The molecular weight excluding hydrogens is 446 g/mol. The fourth-order valence-corrected chi connectivity index (χ4v) is 5.47. The maximum absolute atomic E-state index is 13.2. The molecule has 35 heavy (non-hydrogen) atoms. The number of hydrogen-bond donors (Lipinski definition) is 1. The summed E-state index contributed by atoms with van der Waals surface area (Å²) in [7, 11) is 1.64. The highest BCUT2D eigenvalue weighted by atomic mass is 16.5. The van der Waals surface area contributed by atoms with Gasteiger partial charge in [0.1, 0.15) is 11.9 Å². The monoisotopic (exact) mass is 481 g/mol. The van der Waals surface area contributed by atoms with Crippen LogP contribution in [0.2, 0.25) is 0 Å². The van der Waals surface area contributed by atoms with E-state index >= 15 is 0 Å². The van der Waals surface area contributed by atoms with Crippen molar-refractivity contribution in [2.24, 2.45) is 11.8 Å². The molecule has 1 aromatic carbocycles. The van der Waals surface area contributed by atoms with Crippen LogP contribution in [0.3, 0.4) is 0 Å². The summed E-state index contributed by atoms with van der Waals surface area (Å²) in [5.74, 6) is 1.41. The molecule has 2 aromatic rings. The van der Waals surface area contributed by atoms with Crippen LogP contribution in [-0.4, -0.2) is 58.5 Å². The molecule has 9 heteroatoms. The first kappa shape index (κ1) is 23.8. The molecule has 1 aliphatic carbocycles. The number of piperidine rings is 1. The van der Waals surface area contributed by atoms with Crippen molar-refractivity contribution in [3.05, 3.63) is 41.2 Å². The average molecular weight is 482 g/mol. The molecule has 188 valence electrons. The van der Waals surface area contributed by atoms with Crippen molar-refractivity contribution in [1.82, 2.24) is 25.2 Å². The summed E-state index contributed by atoms with van der Waals surface area (Å²) in [4.78, 5) is 27.7. The minimum Gasteiger partial charge on any atom is -0.497 e. The van der Waals surface area contributed by atoms with Gasteiger partial charge in [0.05, 0.1) is 26.0 Å². The number of carbonyl (C=O) groups excluding carboxylic acids is 2. The summed E-state index contributed by atoms with van der Waals surface area (Å²) in [6.45, 7) is 2.70. The highest BCUT2D eigenvalue weighted by Gasteiger charge is 2.33. The SMILES string of the molecule is COc1ccc([C@@H]2Cn3nnc(C(=O)N4CCC(C(=O)NCC5CCCCC5)CC4)c3CO2)cc1. The lowest BCUT2D eigenvalue weighted by atomic mass is 9.89. The number of amides is 2. The van der Waals surface area contributed by atoms with Gasteiger partial charge in [-0.1, -0.05) is 36.6 Å². The molecule has 3 heterocycles. The summed E-state index contributed by atoms with van der Waals surface area (Å²) in [5.41, 5.74) is 2.11. The third kappa shape index (κ3) is 5.34. The number of aromatic nitrogens is 3. The Bertz CT molecular complexity index is 1020. The molecule has 0 spiro atoms. The van der Waals surface area contributed by atoms with Gasteiger partial charge in [-0.25, -0.2) is 4.68 Å². The largest absolute Gasteiger partial charge is 0.497 e. The number of carbonyl (C=O) groups is 2. The van der Waals surface area contributed by atoms with E-state index in [0.717, 1.165) is 17.9 Å². The van der Waals surface area contributed by atoms with Crippen molar-refractivity contribution in [2.45, 2.75) is 64.2 Å². The van der Waals surface area contributed by atoms with E-state index in [2.05, 4.69) is 15.6 Å². The lowest BCUT2D eigenvalue weighted by Gasteiger charge is -2.32. The van der Waals surface area contributed by atoms with Gasteiger partial charge in [0, 0.05) is 25.6 Å². The molecular formula is C26H35N5O4. The van der Waals surface area contributed by atoms with Gasteiger partial charge in [-0.3, -0.25) is 9.59 Å². The second-order valence-electron chi connectivity index (χ2n) is 9.96. The van der Waals surface area contributed by atoms with Crippen LogP contribution in [0.5, 0.6) is 5.75 Å². The first-order valence-corrected chi connectivity index (χ1v) is 12.9. The normalized spacial score (nSPS) is 21.4. The molecule has 3 aliphatic rings. The van der Waals surface area contributed by atoms with Gasteiger partial charge in [0.25, 0.3) is 5.91 Å². The van der Waals surface area contributed by atoms with Crippen molar-refractivity contribution >= 4 is 11.8 Å². The molecule has 2 fully saturated rings. The molecule has 0 radical (unpaired) electrons. The zero-order chi connectivity index (χ0) is 24.2. The number of fused-ring (bicyclic) bond motifs is 1. The Morgan fingerprint density at radius 2 is 1.83 bits per heavy atom. The van der Waals surface area contributed by atoms with E-state index in [0.29, 0.717) is 49.8 Å².